The van der Waals surface area contributed by atoms with Crippen molar-refractivity contribution in [2.24, 2.45) is 0 Å². The van der Waals surface area contributed by atoms with Crippen LogP contribution in [-0.2, 0) is 6.42 Å². The van der Waals surface area contributed by atoms with E-state index in [1.165, 1.54) is 5.56 Å². The molecule has 1 aromatic heterocycles. The van der Waals surface area contributed by atoms with Gasteiger partial charge in [0, 0.05) is 12.0 Å². The van der Waals surface area contributed by atoms with Crippen molar-refractivity contribution in [1.29, 1.82) is 0 Å². The summed E-state index contributed by atoms with van der Waals surface area (Å²) in [7, 11) is 0. The zero-order chi connectivity index (χ0) is 13.9. The quantitative estimate of drug-likeness (QED) is 0.786. The highest BCUT2D eigenvalue weighted by Crippen LogP contribution is 2.26. The molecule has 100 valence electrons. The molecule has 0 bridgehead atoms. The minimum atomic E-state index is 0.220. The van der Waals surface area contributed by atoms with Gasteiger partial charge in [-0.15, -0.1) is 0 Å². The lowest BCUT2D eigenvalue weighted by atomic mass is 10.1. The molecule has 2 aromatic carbocycles. The van der Waals surface area contributed by atoms with Crippen molar-refractivity contribution in [2.75, 3.05) is 0 Å². The van der Waals surface area contributed by atoms with E-state index in [0.717, 1.165) is 16.9 Å². The predicted octanol–water partition coefficient (Wildman–Crippen LogP) is 3.48. The molecule has 1 N–H and O–H groups in total. The molecule has 0 saturated heterocycles. The maximum Gasteiger partial charge on any atom is 0.218 e. The molecule has 3 nitrogen and oxygen atoms in total. The Bertz CT molecular complexity index is 703. The van der Waals surface area contributed by atoms with Gasteiger partial charge in [-0.3, -0.25) is 0 Å². The van der Waals surface area contributed by atoms with Crippen LogP contribution in [0.1, 0.15) is 16.8 Å². The van der Waals surface area contributed by atoms with Crippen LogP contribution in [-0.4, -0.2) is 14.9 Å². The third-order valence-electron chi connectivity index (χ3n) is 3.38. The molecule has 3 heteroatoms. The fourth-order valence-corrected chi connectivity index (χ4v) is 2.30. The number of nitrogens with zero attached hydrogens (tertiary/aromatic N) is 2. The highest BCUT2D eigenvalue weighted by atomic mass is 16.3. The molecule has 20 heavy (non-hydrogen) atoms. The Balaban J connectivity index is 1.99. The van der Waals surface area contributed by atoms with E-state index in [1.807, 2.05) is 55.5 Å². The summed E-state index contributed by atoms with van der Waals surface area (Å²) >= 11 is 0. The molecule has 3 aromatic rings. The lowest BCUT2D eigenvalue weighted by Crippen LogP contribution is -1.95. The van der Waals surface area contributed by atoms with E-state index in [2.05, 4.69) is 17.2 Å². The van der Waals surface area contributed by atoms with E-state index in [0.29, 0.717) is 6.42 Å². The van der Waals surface area contributed by atoms with Crippen LogP contribution < -0.4 is 0 Å². The summed E-state index contributed by atoms with van der Waals surface area (Å²) in [5, 5.41) is 14.9. The van der Waals surface area contributed by atoms with Crippen molar-refractivity contribution in [2.45, 2.75) is 13.3 Å². The Kier molecular flexibility index (Phi) is 3.25. The van der Waals surface area contributed by atoms with Crippen molar-refractivity contribution >= 4 is 0 Å². The molecule has 0 spiro atoms. The van der Waals surface area contributed by atoms with E-state index < -0.39 is 0 Å². The summed E-state index contributed by atoms with van der Waals surface area (Å²) < 4.78 is 1.59. The van der Waals surface area contributed by atoms with E-state index >= 15 is 0 Å². The third kappa shape index (κ3) is 2.30. The SMILES string of the molecule is Cc1nn(-c2ccccc2)c(O)c1Cc1ccccc1. The second-order valence-electron chi connectivity index (χ2n) is 4.80. The molecule has 0 amide bonds. The standard InChI is InChI=1S/C17H16N2O/c1-13-16(12-14-8-4-2-5-9-14)17(20)19(18-13)15-10-6-3-7-11-15/h2-11,20H,12H2,1H3. The summed E-state index contributed by atoms with van der Waals surface area (Å²) in [5.41, 5.74) is 3.76. The van der Waals surface area contributed by atoms with Gasteiger partial charge in [0.2, 0.25) is 5.88 Å². The molecular weight excluding hydrogens is 248 g/mol. The summed E-state index contributed by atoms with van der Waals surface area (Å²) in [6, 6.07) is 19.8. The normalized spacial score (nSPS) is 10.7. The molecular formula is C17H16N2O. The maximum absolute atomic E-state index is 10.4. The Morgan fingerprint density at radius 2 is 1.55 bits per heavy atom. The zero-order valence-corrected chi connectivity index (χ0v) is 11.3. The van der Waals surface area contributed by atoms with Crippen molar-refractivity contribution < 1.29 is 5.11 Å². The number of rotatable bonds is 3. The molecule has 0 radical (unpaired) electrons. The number of hydrogen-bond acceptors (Lipinski definition) is 2. The average molecular weight is 264 g/mol. The van der Waals surface area contributed by atoms with Gasteiger partial charge >= 0.3 is 0 Å². The van der Waals surface area contributed by atoms with Crippen LogP contribution in [0.15, 0.2) is 60.7 Å². The second-order valence-corrected chi connectivity index (χ2v) is 4.80. The molecule has 1 heterocycles. The van der Waals surface area contributed by atoms with Crippen molar-refractivity contribution in [3.8, 4) is 11.6 Å². The molecule has 0 aliphatic rings. The first-order valence-corrected chi connectivity index (χ1v) is 6.62. The first kappa shape index (κ1) is 12.5. The molecule has 0 saturated carbocycles. The zero-order valence-electron chi connectivity index (χ0n) is 11.3. The van der Waals surface area contributed by atoms with E-state index in [-0.39, 0.29) is 5.88 Å². The van der Waals surface area contributed by atoms with Crippen LogP contribution >= 0.6 is 0 Å². The smallest absolute Gasteiger partial charge is 0.218 e. The van der Waals surface area contributed by atoms with Gasteiger partial charge in [0.05, 0.1) is 11.4 Å². The first-order chi connectivity index (χ1) is 9.75. The van der Waals surface area contributed by atoms with Crippen molar-refractivity contribution in [3.63, 3.8) is 0 Å². The van der Waals surface area contributed by atoms with Crippen molar-refractivity contribution in [3.05, 3.63) is 77.5 Å². The molecule has 0 fully saturated rings. The van der Waals surface area contributed by atoms with Crippen LogP contribution in [0, 0.1) is 6.92 Å². The fourth-order valence-electron chi connectivity index (χ4n) is 2.30. The average Bonchev–Trinajstić information content (AvgIpc) is 2.77. The first-order valence-electron chi connectivity index (χ1n) is 6.62. The molecule has 0 unspecified atom stereocenters. The number of hydrogen-bond donors (Lipinski definition) is 1. The van der Waals surface area contributed by atoms with Crippen LogP contribution in [0.3, 0.4) is 0 Å². The molecule has 0 atom stereocenters. The van der Waals surface area contributed by atoms with E-state index in [4.69, 9.17) is 0 Å². The highest BCUT2D eigenvalue weighted by molar-refractivity contribution is 5.42. The second kappa shape index (κ2) is 5.21. The van der Waals surface area contributed by atoms with Crippen LogP contribution in [0.2, 0.25) is 0 Å². The van der Waals surface area contributed by atoms with Gasteiger partial charge in [-0.2, -0.15) is 5.10 Å². The molecule has 3 rings (SSSR count). The lowest BCUT2D eigenvalue weighted by Gasteiger charge is -2.04. The Morgan fingerprint density at radius 3 is 2.20 bits per heavy atom. The molecule has 0 aliphatic heterocycles. The summed E-state index contributed by atoms with van der Waals surface area (Å²) in [6.07, 6.45) is 0.686. The maximum atomic E-state index is 10.4. The Morgan fingerprint density at radius 1 is 0.950 bits per heavy atom. The minimum Gasteiger partial charge on any atom is -0.493 e. The minimum absolute atomic E-state index is 0.220. The number of benzene rings is 2. The Labute approximate surface area is 118 Å². The van der Waals surface area contributed by atoms with Gasteiger partial charge < -0.3 is 5.11 Å². The van der Waals surface area contributed by atoms with Gasteiger partial charge in [-0.05, 0) is 24.6 Å². The number of aromatic nitrogens is 2. The Hall–Kier alpha value is -2.55. The topological polar surface area (TPSA) is 38.0 Å². The summed E-state index contributed by atoms with van der Waals surface area (Å²) in [5.74, 6) is 0.220. The van der Waals surface area contributed by atoms with Gasteiger partial charge in [-0.25, -0.2) is 4.68 Å². The van der Waals surface area contributed by atoms with E-state index in [9.17, 15) is 5.11 Å². The van der Waals surface area contributed by atoms with Gasteiger partial charge in [0.15, 0.2) is 0 Å². The largest absolute Gasteiger partial charge is 0.493 e. The van der Waals surface area contributed by atoms with Gasteiger partial charge in [0.25, 0.3) is 0 Å². The number of para-hydroxylation sites is 1. The van der Waals surface area contributed by atoms with Crippen LogP contribution in [0.5, 0.6) is 5.88 Å². The third-order valence-corrected chi connectivity index (χ3v) is 3.38. The summed E-state index contributed by atoms with van der Waals surface area (Å²) in [6.45, 7) is 1.93. The van der Waals surface area contributed by atoms with Crippen molar-refractivity contribution in [1.82, 2.24) is 9.78 Å². The monoisotopic (exact) mass is 264 g/mol. The summed E-state index contributed by atoms with van der Waals surface area (Å²) in [4.78, 5) is 0. The van der Waals surface area contributed by atoms with Crippen LogP contribution in [0.25, 0.3) is 5.69 Å². The van der Waals surface area contributed by atoms with Crippen LogP contribution in [0.4, 0.5) is 0 Å². The number of aryl methyl sites for hydroxylation is 1. The molecule has 0 aliphatic carbocycles. The fraction of sp³-hybridized carbons (Fsp3) is 0.118. The highest BCUT2D eigenvalue weighted by Gasteiger charge is 2.15. The lowest BCUT2D eigenvalue weighted by molar-refractivity contribution is 0.429. The number of aromatic hydroxyl groups is 1. The van der Waals surface area contributed by atoms with Gasteiger partial charge in [0.1, 0.15) is 0 Å². The predicted molar refractivity (Wildman–Crippen MR) is 79.2 cm³/mol. The van der Waals surface area contributed by atoms with E-state index in [1.54, 1.807) is 4.68 Å². The van der Waals surface area contributed by atoms with Gasteiger partial charge in [-0.1, -0.05) is 48.5 Å².